The van der Waals surface area contributed by atoms with Crippen molar-refractivity contribution in [1.82, 2.24) is 15.5 Å². The first kappa shape index (κ1) is 13.5. The molecule has 1 aromatic heterocycles. The molecule has 0 atom stereocenters. The van der Waals surface area contributed by atoms with Gasteiger partial charge in [-0.1, -0.05) is 32.1 Å². The molecule has 5 heteroatoms. The second-order valence-corrected chi connectivity index (χ2v) is 6.22. The number of amides is 1. The molecule has 0 aromatic carbocycles. The molecule has 4 N–H and O–H groups in total. The van der Waals surface area contributed by atoms with E-state index in [9.17, 15) is 4.79 Å². The molecule has 0 bridgehead atoms. The summed E-state index contributed by atoms with van der Waals surface area (Å²) in [5.41, 5.74) is 7.87. The SMILES string of the molecule is Nc1c(C(=O)NCCC2CCCCC2)n[nH]c1C1CC1. The topological polar surface area (TPSA) is 83.8 Å². The molecule has 2 fully saturated rings. The molecule has 0 spiro atoms. The van der Waals surface area contributed by atoms with E-state index >= 15 is 0 Å². The van der Waals surface area contributed by atoms with Crippen LogP contribution in [0.3, 0.4) is 0 Å². The van der Waals surface area contributed by atoms with Gasteiger partial charge in [-0.25, -0.2) is 0 Å². The van der Waals surface area contributed by atoms with Crippen LogP contribution in [0.2, 0.25) is 0 Å². The second-order valence-electron chi connectivity index (χ2n) is 6.22. The third kappa shape index (κ3) is 2.97. The molecule has 0 saturated heterocycles. The van der Waals surface area contributed by atoms with Gasteiger partial charge in [-0.2, -0.15) is 5.10 Å². The van der Waals surface area contributed by atoms with Crippen LogP contribution >= 0.6 is 0 Å². The highest BCUT2D eigenvalue weighted by Gasteiger charge is 2.30. The second kappa shape index (κ2) is 5.85. The molecule has 110 valence electrons. The molecule has 1 aromatic rings. The Hall–Kier alpha value is -1.52. The van der Waals surface area contributed by atoms with Gasteiger partial charge in [0.05, 0.1) is 11.4 Å². The maximum absolute atomic E-state index is 12.1. The number of hydrogen-bond donors (Lipinski definition) is 3. The van der Waals surface area contributed by atoms with Crippen molar-refractivity contribution in [2.75, 3.05) is 12.3 Å². The van der Waals surface area contributed by atoms with E-state index in [2.05, 4.69) is 15.5 Å². The Labute approximate surface area is 119 Å². The number of nitrogen functional groups attached to an aromatic ring is 1. The molecule has 2 saturated carbocycles. The summed E-state index contributed by atoms with van der Waals surface area (Å²) in [6.45, 7) is 0.731. The number of nitrogens with two attached hydrogens (primary N) is 1. The van der Waals surface area contributed by atoms with Crippen LogP contribution in [0.25, 0.3) is 0 Å². The highest BCUT2D eigenvalue weighted by atomic mass is 16.1. The molecule has 0 unspecified atom stereocenters. The Morgan fingerprint density at radius 2 is 2.00 bits per heavy atom. The Morgan fingerprint density at radius 1 is 1.25 bits per heavy atom. The molecule has 5 nitrogen and oxygen atoms in total. The van der Waals surface area contributed by atoms with Crippen LogP contribution in [0.4, 0.5) is 5.69 Å². The third-order valence-corrected chi connectivity index (χ3v) is 4.60. The van der Waals surface area contributed by atoms with Crippen molar-refractivity contribution in [1.29, 1.82) is 0 Å². The summed E-state index contributed by atoms with van der Waals surface area (Å²) in [5, 5.41) is 9.96. The average molecular weight is 276 g/mol. The van der Waals surface area contributed by atoms with Crippen LogP contribution in [0, 0.1) is 5.92 Å². The predicted molar refractivity (Wildman–Crippen MR) is 78.5 cm³/mol. The van der Waals surface area contributed by atoms with Crippen molar-refractivity contribution < 1.29 is 4.79 Å². The summed E-state index contributed by atoms with van der Waals surface area (Å²) in [5.74, 6) is 1.13. The minimum Gasteiger partial charge on any atom is -0.395 e. The normalized spacial score (nSPS) is 20.0. The van der Waals surface area contributed by atoms with E-state index in [-0.39, 0.29) is 5.91 Å². The van der Waals surface area contributed by atoms with Crippen LogP contribution in [-0.4, -0.2) is 22.6 Å². The first-order chi connectivity index (χ1) is 9.75. The minimum atomic E-state index is -0.138. The lowest BCUT2D eigenvalue weighted by Gasteiger charge is -2.21. The molecule has 0 radical (unpaired) electrons. The molecule has 20 heavy (non-hydrogen) atoms. The van der Waals surface area contributed by atoms with Gasteiger partial charge in [0.25, 0.3) is 5.91 Å². The number of rotatable bonds is 5. The van der Waals surface area contributed by atoms with E-state index in [1.54, 1.807) is 0 Å². The van der Waals surface area contributed by atoms with E-state index in [4.69, 9.17) is 5.73 Å². The number of H-pyrrole nitrogens is 1. The van der Waals surface area contributed by atoms with Gasteiger partial charge in [0, 0.05) is 12.5 Å². The standard InChI is InChI=1S/C15H24N4O/c16-12-13(11-6-7-11)18-19-14(12)15(20)17-9-8-10-4-2-1-3-5-10/h10-11H,1-9,16H2,(H,17,20)(H,18,19). The van der Waals surface area contributed by atoms with E-state index in [0.717, 1.165) is 37.4 Å². The van der Waals surface area contributed by atoms with Crippen LogP contribution in [0.5, 0.6) is 0 Å². The number of carbonyl (C=O) groups excluding carboxylic acids is 1. The Kier molecular flexibility index (Phi) is 3.94. The number of anilines is 1. The maximum atomic E-state index is 12.1. The van der Waals surface area contributed by atoms with Gasteiger partial charge in [0.2, 0.25) is 0 Å². The fraction of sp³-hybridized carbons (Fsp3) is 0.733. The van der Waals surface area contributed by atoms with E-state index in [1.807, 2.05) is 0 Å². The maximum Gasteiger partial charge on any atom is 0.273 e. The van der Waals surface area contributed by atoms with Gasteiger partial charge < -0.3 is 11.1 Å². The number of aromatic amines is 1. The van der Waals surface area contributed by atoms with Gasteiger partial charge in [-0.05, 0) is 25.2 Å². The molecular formula is C15H24N4O. The van der Waals surface area contributed by atoms with Crippen LogP contribution in [0.15, 0.2) is 0 Å². The predicted octanol–water partition coefficient (Wildman–Crippen LogP) is 2.57. The third-order valence-electron chi connectivity index (χ3n) is 4.60. The average Bonchev–Trinajstić information content (AvgIpc) is 3.23. The fourth-order valence-electron chi connectivity index (χ4n) is 3.17. The van der Waals surface area contributed by atoms with Gasteiger partial charge >= 0.3 is 0 Å². The molecule has 2 aliphatic carbocycles. The highest BCUT2D eigenvalue weighted by Crippen LogP contribution is 2.42. The monoisotopic (exact) mass is 276 g/mol. The lowest BCUT2D eigenvalue weighted by Crippen LogP contribution is -2.27. The van der Waals surface area contributed by atoms with Crippen LogP contribution in [0.1, 0.15) is 73.5 Å². The lowest BCUT2D eigenvalue weighted by molar-refractivity contribution is 0.0946. The summed E-state index contributed by atoms with van der Waals surface area (Å²) >= 11 is 0. The van der Waals surface area contributed by atoms with Crippen molar-refractivity contribution >= 4 is 11.6 Å². The Balaban J connectivity index is 1.48. The summed E-state index contributed by atoms with van der Waals surface area (Å²) in [6.07, 6.45) is 10.1. The van der Waals surface area contributed by atoms with Crippen molar-refractivity contribution in [3.05, 3.63) is 11.4 Å². The highest BCUT2D eigenvalue weighted by molar-refractivity contribution is 5.97. The van der Waals surface area contributed by atoms with Gasteiger partial charge in [-0.3, -0.25) is 9.89 Å². The number of nitrogens with zero attached hydrogens (tertiary/aromatic N) is 1. The first-order valence-corrected chi connectivity index (χ1v) is 7.87. The quantitative estimate of drug-likeness (QED) is 0.772. The molecule has 1 amide bonds. The van der Waals surface area contributed by atoms with Gasteiger partial charge in [0.15, 0.2) is 5.69 Å². The van der Waals surface area contributed by atoms with Crippen molar-refractivity contribution in [3.8, 4) is 0 Å². The van der Waals surface area contributed by atoms with Crippen molar-refractivity contribution in [2.24, 2.45) is 5.92 Å². The molecular weight excluding hydrogens is 252 g/mol. The Morgan fingerprint density at radius 3 is 2.70 bits per heavy atom. The first-order valence-electron chi connectivity index (χ1n) is 7.87. The van der Waals surface area contributed by atoms with Crippen molar-refractivity contribution in [2.45, 2.75) is 57.3 Å². The number of nitrogens with one attached hydrogen (secondary N) is 2. The fourth-order valence-corrected chi connectivity index (χ4v) is 3.17. The molecule has 1 heterocycles. The van der Waals surface area contributed by atoms with Gasteiger partial charge in [0.1, 0.15) is 0 Å². The summed E-state index contributed by atoms with van der Waals surface area (Å²) < 4.78 is 0. The van der Waals surface area contributed by atoms with E-state index in [1.165, 1.54) is 32.1 Å². The summed E-state index contributed by atoms with van der Waals surface area (Å²) in [7, 11) is 0. The largest absolute Gasteiger partial charge is 0.395 e. The van der Waals surface area contributed by atoms with Gasteiger partial charge in [-0.15, -0.1) is 0 Å². The Bertz CT molecular complexity index is 472. The molecule has 0 aliphatic heterocycles. The summed E-state index contributed by atoms with van der Waals surface area (Å²) in [4.78, 5) is 12.1. The molecule has 3 rings (SSSR count). The zero-order valence-corrected chi connectivity index (χ0v) is 12.0. The van der Waals surface area contributed by atoms with Crippen molar-refractivity contribution in [3.63, 3.8) is 0 Å². The molecule has 2 aliphatic rings. The number of hydrogen-bond acceptors (Lipinski definition) is 3. The summed E-state index contributed by atoms with van der Waals surface area (Å²) in [6, 6.07) is 0. The minimum absolute atomic E-state index is 0.138. The zero-order valence-electron chi connectivity index (χ0n) is 12.0. The van der Waals surface area contributed by atoms with Crippen LogP contribution < -0.4 is 11.1 Å². The number of carbonyl (C=O) groups is 1. The lowest BCUT2D eigenvalue weighted by atomic mass is 9.87. The van der Waals surface area contributed by atoms with E-state index < -0.39 is 0 Å². The smallest absolute Gasteiger partial charge is 0.273 e. The van der Waals surface area contributed by atoms with E-state index in [0.29, 0.717) is 17.3 Å². The zero-order chi connectivity index (χ0) is 13.9. The van der Waals surface area contributed by atoms with Crippen LogP contribution in [-0.2, 0) is 0 Å². The number of aromatic nitrogens is 2.